The number of allylic oxidation sites excluding steroid dienone is 1. The van der Waals surface area contributed by atoms with Gasteiger partial charge in [0.05, 0.1) is 4.90 Å². The largest absolute Gasteiger partial charge is 0.490 e. The lowest BCUT2D eigenvalue weighted by Crippen LogP contribution is -2.22. The van der Waals surface area contributed by atoms with E-state index in [2.05, 4.69) is 6.58 Å². The molecule has 0 amide bonds. The van der Waals surface area contributed by atoms with Gasteiger partial charge in [-0.15, -0.1) is 0 Å². The Bertz CT molecular complexity index is 913. The number of carbonyl (C=O) groups is 1. The predicted octanol–water partition coefficient (Wildman–Crippen LogP) is 3.40. The molecule has 6 heteroatoms. The number of hydrogen-bond acceptors (Lipinski definition) is 4. The fourth-order valence-electron chi connectivity index (χ4n) is 2.13. The Kier molecular flexibility index (Phi) is 6.49. The van der Waals surface area contributed by atoms with Gasteiger partial charge in [-0.3, -0.25) is 4.79 Å². The van der Waals surface area contributed by atoms with Crippen LogP contribution in [0.1, 0.15) is 15.9 Å². The molecule has 136 valence electrons. The highest BCUT2D eigenvalue weighted by Crippen LogP contribution is 2.17. The minimum Gasteiger partial charge on any atom is -0.490 e. The van der Waals surface area contributed by atoms with Crippen molar-refractivity contribution in [2.45, 2.75) is 4.90 Å². The molecule has 0 heterocycles. The van der Waals surface area contributed by atoms with Gasteiger partial charge in [-0.05, 0) is 48.0 Å². The van der Waals surface area contributed by atoms with Crippen molar-refractivity contribution in [3.8, 4) is 5.75 Å². The Morgan fingerprint density at radius 3 is 2.46 bits per heavy atom. The Morgan fingerprint density at radius 1 is 1.15 bits per heavy atom. The van der Waals surface area contributed by atoms with Crippen LogP contribution in [0.4, 0.5) is 0 Å². The van der Waals surface area contributed by atoms with Crippen molar-refractivity contribution in [2.24, 2.45) is 0 Å². The molecular formula is C20H21NO4S. The number of sulfonamides is 1. The second kappa shape index (κ2) is 8.60. The maximum atomic E-state index is 12.3. The van der Waals surface area contributed by atoms with Crippen molar-refractivity contribution in [1.82, 2.24) is 4.31 Å². The van der Waals surface area contributed by atoms with Crippen molar-refractivity contribution in [3.05, 3.63) is 78.4 Å². The number of ketones is 1. The minimum absolute atomic E-state index is 0.148. The summed E-state index contributed by atoms with van der Waals surface area (Å²) in [5, 5.41) is 0. The molecule has 0 bridgehead atoms. The van der Waals surface area contributed by atoms with E-state index in [1.807, 2.05) is 24.3 Å². The van der Waals surface area contributed by atoms with Crippen LogP contribution >= 0.6 is 0 Å². The molecule has 0 aliphatic rings. The second-order valence-corrected chi connectivity index (χ2v) is 7.83. The molecule has 0 fully saturated rings. The first-order chi connectivity index (χ1) is 12.3. The Balaban J connectivity index is 2.12. The second-order valence-electron chi connectivity index (χ2n) is 5.68. The third kappa shape index (κ3) is 4.91. The van der Waals surface area contributed by atoms with E-state index < -0.39 is 10.0 Å². The molecule has 0 atom stereocenters. The zero-order valence-corrected chi connectivity index (χ0v) is 15.6. The van der Waals surface area contributed by atoms with Crippen molar-refractivity contribution >= 4 is 21.9 Å². The number of benzene rings is 2. The topological polar surface area (TPSA) is 63.7 Å². The van der Waals surface area contributed by atoms with Gasteiger partial charge in [-0.2, -0.15) is 0 Å². The van der Waals surface area contributed by atoms with Gasteiger partial charge in [0.2, 0.25) is 10.0 Å². The Hall–Kier alpha value is -2.70. The third-order valence-corrected chi connectivity index (χ3v) is 5.40. The summed E-state index contributed by atoms with van der Waals surface area (Å²) in [4.78, 5) is 12.4. The van der Waals surface area contributed by atoms with Crippen LogP contribution in [0.15, 0.2) is 72.2 Å². The molecule has 0 radical (unpaired) electrons. The molecule has 0 spiro atoms. The fourth-order valence-corrected chi connectivity index (χ4v) is 3.03. The summed E-state index contributed by atoms with van der Waals surface area (Å²) < 4.78 is 30.7. The molecule has 2 aromatic carbocycles. The van der Waals surface area contributed by atoms with E-state index in [0.717, 1.165) is 9.87 Å². The highest BCUT2D eigenvalue weighted by molar-refractivity contribution is 7.89. The maximum Gasteiger partial charge on any atom is 0.242 e. The van der Waals surface area contributed by atoms with Crippen LogP contribution in [-0.4, -0.2) is 39.2 Å². The first-order valence-corrected chi connectivity index (χ1v) is 9.37. The summed E-state index contributed by atoms with van der Waals surface area (Å²) in [7, 11) is -0.579. The average molecular weight is 371 g/mol. The van der Waals surface area contributed by atoms with Crippen LogP contribution in [0, 0.1) is 0 Å². The van der Waals surface area contributed by atoms with Crippen LogP contribution in [0.5, 0.6) is 5.75 Å². The van der Waals surface area contributed by atoms with Gasteiger partial charge in [-0.1, -0.05) is 30.9 Å². The first-order valence-electron chi connectivity index (χ1n) is 7.93. The van der Waals surface area contributed by atoms with Gasteiger partial charge in [0.15, 0.2) is 5.78 Å². The highest BCUT2D eigenvalue weighted by Gasteiger charge is 2.17. The summed E-state index contributed by atoms with van der Waals surface area (Å²) in [6.45, 7) is 4.01. The molecule has 0 aliphatic carbocycles. The maximum absolute atomic E-state index is 12.3. The Morgan fingerprint density at radius 2 is 1.85 bits per heavy atom. The van der Waals surface area contributed by atoms with Gasteiger partial charge in [0.25, 0.3) is 0 Å². The number of nitrogens with zero attached hydrogens (tertiary/aromatic N) is 1. The van der Waals surface area contributed by atoms with Gasteiger partial charge in [0.1, 0.15) is 12.4 Å². The number of hydrogen-bond donors (Lipinski definition) is 0. The van der Waals surface area contributed by atoms with E-state index >= 15 is 0 Å². The molecule has 0 N–H and O–H groups in total. The van der Waals surface area contributed by atoms with Crippen LogP contribution in [0.25, 0.3) is 6.08 Å². The third-order valence-electron chi connectivity index (χ3n) is 3.57. The summed E-state index contributed by atoms with van der Waals surface area (Å²) in [5.41, 5.74) is 1.24. The molecule has 0 saturated carbocycles. The molecule has 0 saturated heterocycles. The van der Waals surface area contributed by atoms with Gasteiger partial charge >= 0.3 is 0 Å². The monoisotopic (exact) mass is 371 g/mol. The summed E-state index contributed by atoms with van der Waals surface area (Å²) in [6.07, 6.45) is 4.79. The predicted molar refractivity (Wildman–Crippen MR) is 103 cm³/mol. The van der Waals surface area contributed by atoms with E-state index in [-0.39, 0.29) is 10.7 Å². The van der Waals surface area contributed by atoms with Gasteiger partial charge in [0, 0.05) is 19.7 Å². The minimum atomic E-state index is -3.50. The normalized spacial score (nSPS) is 11.7. The zero-order valence-electron chi connectivity index (χ0n) is 14.8. The van der Waals surface area contributed by atoms with E-state index in [1.165, 1.54) is 44.4 Å². The molecule has 26 heavy (non-hydrogen) atoms. The molecule has 5 nitrogen and oxygen atoms in total. The van der Waals surface area contributed by atoms with E-state index in [1.54, 1.807) is 12.2 Å². The molecule has 0 unspecified atom stereocenters. The van der Waals surface area contributed by atoms with E-state index in [4.69, 9.17) is 4.74 Å². The molecular weight excluding hydrogens is 350 g/mol. The smallest absolute Gasteiger partial charge is 0.242 e. The zero-order chi connectivity index (χ0) is 19.2. The lowest BCUT2D eigenvalue weighted by atomic mass is 10.1. The first kappa shape index (κ1) is 19.6. The lowest BCUT2D eigenvalue weighted by molar-refractivity contribution is 0.104. The van der Waals surface area contributed by atoms with Crippen LogP contribution < -0.4 is 4.74 Å². The van der Waals surface area contributed by atoms with Crippen LogP contribution in [-0.2, 0) is 10.0 Å². The van der Waals surface area contributed by atoms with Crippen molar-refractivity contribution in [1.29, 1.82) is 0 Å². The average Bonchev–Trinajstić information content (AvgIpc) is 2.64. The Labute approximate surface area is 154 Å². The van der Waals surface area contributed by atoms with Crippen molar-refractivity contribution in [3.63, 3.8) is 0 Å². The standard InChI is InChI=1S/C20H21NO4S/c1-4-14-25-18-7-5-6-16(15-18)8-13-20(22)17-9-11-19(12-10-17)26(23,24)21(2)3/h4-13,15H,1,14H2,2-3H3/b13-8+. The van der Waals surface area contributed by atoms with E-state index in [9.17, 15) is 13.2 Å². The lowest BCUT2D eigenvalue weighted by Gasteiger charge is -2.11. The summed E-state index contributed by atoms with van der Waals surface area (Å²) in [6, 6.07) is 13.2. The quantitative estimate of drug-likeness (QED) is 0.405. The molecule has 2 aromatic rings. The summed E-state index contributed by atoms with van der Waals surface area (Å²) in [5.74, 6) is 0.481. The number of ether oxygens (including phenoxy) is 1. The van der Waals surface area contributed by atoms with Crippen molar-refractivity contribution < 1.29 is 17.9 Å². The summed E-state index contributed by atoms with van der Waals surface area (Å²) >= 11 is 0. The SMILES string of the molecule is C=CCOc1cccc(/C=C/C(=O)c2ccc(S(=O)(=O)N(C)C)cc2)c1. The van der Waals surface area contributed by atoms with Crippen molar-refractivity contribution in [2.75, 3.05) is 20.7 Å². The van der Waals surface area contributed by atoms with Gasteiger partial charge < -0.3 is 4.74 Å². The van der Waals surface area contributed by atoms with E-state index in [0.29, 0.717) is 17.9 Å². The number of carbonyl (C=O) groups excluding carboxylic acids is 1. The fraction of sp³-hybridized carbons (Fsp3) is 0.150. The molecule has 0 aromatic heterocycles. The van der Waals surface area contributed by atoms with Crippen LogP contribution in [0.2, 0.25) is 0 Å². The molecule has 2 rings (SSSR count). The van der Waals surface area contributed by atoms with Gasteiger partial charge in [-0.25, -0.2) is 12.7 Å². The highest BCUT2D eigenvalue weighted by atomic mass is 32.2. The molecule has 0 aliphatic heterocycles. The van der Waals surface area contributed by atoms with Crippen LogP contribution in [0.3, 0.4) is 0 Å². The number of rotatable bonds is 8.